The summed E-state index contributed by atoms with van der Waals surface area (Å²) in [6.07, 6.45) is 2.49. The van der Waals surface area contributed by atoms with Crippen molar-refractivity contribution in [3.8, 4) is 28.1 Å². The maximum absolute atomic E-state index is 13.0. The summed E-state index contributed by atoms with van der Waals surface area (Å²) in [5.74, 6) is 0.373. The molecule has 4 rings (SSSR count). The summed E-state index contributed by atoms with van der Waals surface area (Å²) >= 11 is 6.97. The monoisotopic (exact) mass is 603 g/mol. The van der Waals surface area contributed by atoms with Crippen LogP contribution in [0.25, 0.3) is 22.4 Å². The van der Waals surface area contributed by atoms with Crippen LogP contribution >= 0.6 is 11.6 Å². The van der Waals surface area contributed by atoms with Crippen molar-refractivity contribution in [2.75, 3.05) is 25.5 Å². The number of hydrogen-bond acceptors (Lipinski definition) is 8. The normalized spacial score (nSPS) is 12.5. The Labute approximate surface area is 257 Å². The van der Waals surface area contributed by atoms with E-state index in [1.807, 2.05) is 55.5 Å². The van der Waals surface area contributed by atoms with Crippen LogP contribution in [0.5, 0.6) is 5.75 Å². The maximum Gasteiger partial charge on any atom is 0.274 e. The molecule has 0 unspecified atom stereocenters. The van der Waals surface area contributed by atoms with Crippen LogP contribution in [0.4, 0.5) is 5.69 Å². The zero-order chi connectivity index (χ0) is 30.9. The molecule has 0 bridgehead atoms. The van der Waals surface area contributed by atoms with E-state index in [0.29, 0.717) is 54.0 Å². The summed E-state index contributed by atoms with van der Waals surface area (Å²) in [4.78, 5) is 21.9. The summed E-state index contributed by atoms with van der Waals surface area (Å²) in [5, 5.41) is 28.7. The second-order valence-corrected chi connectivity index (χ2v) is 10.9. The van der Waals surface area contributed by atoms with E-state index in [2.05, 4.69) is 25.9 Å². The van der Waals surface area contributed by atoms with Gasteiger partial charge in [-0.05, 0) is 61.7 Å². The zero-order valence-corrected chi connectivity index (χ0v) is 25.6. The standard InChI is InChI=1S/C33H38ClN5O4/c1-20(40)15-35-17-23-8-11-29(38-18-23)33(42)39-28-7-5-6-26(22(28)3)27-12-13-37-32(31(27)34)24-9-10-25(30(14-24)43-4)19-36-16-21(2)41/h5-14,18,20-21,35-36,40-41H,15-17,19H2,1-4H3,(H,39,42)/t20-,21-/m0/s1. The lowest BCUT2D eigenvalue weighted by molar-refractivity contribution is 0.102. The van der Waals surface area contributed by atoms with E-state index >= 15 is 0 Å². The zero-order valence-electron chi connectivity index (χ0n) is 24.8. The van der Waals surface area contributed by atoms with Crippen molar-refractivity contribution in [2.45, 2.75) is 46.1 Å². The number of ether oxygens (including phenoxy) is 1. The molecule has 2 aromatic carbocycles. The number of carbonyl (C=O) groups is 1. The second kappa shape index (κ2) is 15.0. The van der Waals surface area contributed by atoms with Gasteiger partial charge >= 0.3 is 0 Å². The third-order valence-electron chi connectivity index (χ3n) is 6.90. The minimum Gasteiger partial charge on any atom is -0.496 e. The lowest BCUT2D eigenvalue weighted by Gasteiger charge is -2.16. The lowest BCUT2D eigenvalue weighted by Crippen LogP contribution is -2.24. The number of carbonyl (C=O) groups excluding carboxylic acids is 1. The highest BCUT2D eigenvalue weighted by Gasteiger charge is 2.17. The van der Waals surface area contributed by atoms with Gasteiger partial charge in [-0.3, -0.25) is 14.8 Å². The molecule has 4 aromatic rings. The number of methoxy groups -OCH3 is 1. The predicted molar refractivity (Wildman–Crippen MR) is 170 cm³/mol. The van der Waals surface area contributed by atoms with Crippen molar-refractivity contribution in [3.05, 3.63) is 94.4 Å². The fraction of sp³-hybridized carbons (Fsp3) is 0.303. The fourth-order valence-corrected chi connectivity index (χ4v) is 4.97. The molecule has 0 radical (unpaired) electrons. The first kappa shape index (κ1) is 32.1. The maximum atomic E-state index is 13.0. The molecule has 1 amide bonds. The summed E-state index contributed by atoms with van der Waals surface area (Å²) in [6.45, 7) is 7.44. The third-order valence-corrected chi connectivity index (χ3v) is 7.29. The number of anilines is 1. The number of halogens is 1. The lowest BCUT2D eigenvalue weighted by atomic mass is 9.97. The molecule has 226 valence electrons. The van der Waals surface area contributed by atoms with E-state index in [0.717, 1.165) is 33.4 Å². The number of aliphatic hydroxyl groups is 2. The van der Waals surface area contributed by atoms with E-state index in [1.54, 1.807) is 39.4 Å². The molecule has 0 saturated heterocycles. The van der Waals surface area contributed by atoms with Crippen molar-refractivity contribution in [1.82, 2.24) is 20.6 Å². The molecule has 5 N–H and O–H groups in total. The summed E-state index contributed by atoms with van der Waals surface area (Å²) in [5.41, 5.74) is 6.74. The number of nitrogens with zero attached hydrogens (tertiary/aromatic N) is 2. The molecule has 2 atom stereocenters. The van der Waals surface area contributed by atoms with Gasteiger partial charge in [0.15, 0.2) is 0 Å². The van der Waals surface area contributed by atoms with Crippen LogP contribution in [0.15, 0.2) is 67.0 Å². The quantitative estimate of drug-likeness (QED) is 0.145. The van der Waals surface area contributed by atoms with E-state index in [4.69, 9.17) is 16.3 Å². The predicted octanol–water partition coefficient (Wildman–Crippen LogP) is 4.97. The fourth-order valence-electron chi connectivity index (χ4n) is 4.64. The SMILES string of the molecule is COc1cc(-c2nccc(-c3cccc(NC(=O)c4ccc(CNC[C@H](C)O)cn4)c3C)c2Cl)ccc1CNC[C@H](C)O. The van der Waals surface area contributed by atoms with Gasteiger partial charge in [0.2, 0.25) is 0 Å². The molecule has 2 heterocycles. The van der Waals surface area contributed by atoms with Gasteiger partial charge < -0.3 is 30.9 Å². The van der Waals surface area contributed by atoms with Crippen molar-refractivity contribution < 1.29 is 19.7 Å². The highest BCUT2D eigenvalue weighted by Crippen LogP contribution is 2.39. The number of rotatable bonds is 13. The second-order valence-electron chi connectivity index (χ2n) is 10.5. The van der Waals surface area contributed by atoms with Crippen LogP contribution in [-0.2, 0) is 13.1 Å². The molecular weight excluding hydrogens is 566 g/mol. The Bertz CT molecular complexity index is 1540. The van der Waals surface area contributed by atoms with Gasteiger partial charge in [-0.1, -0.05) is 41.9 Å². The molecule has 10 heteroatoms. The van der Waals surface area contributed by atoms with E-state index in [-0.39, 0.29) is 5.91 Å². The average molecular weight is 604 g/mol. The number of amides is 1. The Balaban J connectivity index is 1.54. The first-order valence-corrected chi connectivity index (χ1v) is 14.5. The van der Waals surface area contributed by atoms with Gasteiger partial charge in [0.05, 0.1) is 30.0 Å². The molecule has 43 heavy (non-hydrogen) atoms. The number of nitrogens with one attached hydrogen (secondary N) is 3. The van der Waals surface area contributed by atoms with Crippen LogP contribution < -0.4 is 20.7 Å². The third kappa shape index (κ3) is 8.37. The number of benzene rings is 2. The number of aliphatic hydroxyl groups excluding tert-OH is 2. The smallest absolute Gasteiger partial charge is 0.274 e. The number of hydrogen-bond donors (Lipinski definition) is 5. The van der Waals surface area contributed by atoms with Gasteiger partial charge in [-0.2, -0.15) is 0 Å². The van der Waals surface area contributed by atoms with E-state index in [9.17, 15) is 15.0 Å². The van der Waals surface area contributed by atoms with Crippen LogP contribution in [0.1, 0.15) is 41.0 Å². The van der Waals surface area contributed by atoms with Gasteiger partial charge in [0.1, 0.15) is 11.4 Å². The van der Waals surface area contributed by atoms with Gasteiger partial charge in [0.25, 0.3) is 5.91 Å². The summed E-state index contributed by atoms with van der Waals surface area (Å²) in [7, 11) is 1.62. The van der Waals surface area contributed by atoms with E-state index in [1.165, 1.54) is 0 Å². The van der Waals surface area contributed by atoms with Crippen molar-refractivity contribution in [2.24, 2.45) is 0 Å². The van der Waals surface area contributed by atoms with Crippen molar-refractivity contribution >= 4 is 23.2 Å². The van der Waals surface area contributed by atoms with Crippen LogP contribution in [0.3, 0.4) is 0 Å². The molecule has 0 saturated carbocycles. The number of pyridine rings is 2. The van der Waals surface area contributed by atoms with Crippen molar-refractivity contribution in [1.29, 1.82) is 0 Å². The molecule has 9 nitrogen and oxygen atoms in total. The summed E-state index contributed by atoms with van der Waals surface area (Å²) < 4.78 is 5.63. The topological polar surface area (TPSA) is 129 Å². The van der Waals surface area contributed by atoms with E-state index < -0.39 is 12.2 Å². The molecular formula is C33H38ClN5O4. The highest BCUT2D eigenvalue weighted by atomic mass is 35.5. The molecule has 0 aliphatic carbocycles. The van der Waals surface area contributed by atoms with Gasteiger partial charge in [0, 0.05) is 61.0 Å². The largest absolute Gasteiger partial charge is 0.496 e. The van der Waals surface area contributed by atoms with Gasteiger partial charge in [-0.15, -0.1) is 0 Å². The van der Waals surface area contributed by atoms with Crippen LogP contribution in [-0.4, -0.2) is 58.5 Å². The Morgan fingerprint density at radius 2 is 1.70 bits per heavy atom. The average Bonchev–Trinajstić information content (AvgIpc) is 2.98. The van der Waals surface area contributed by atoms with Crippen LogP contribution in [0, 0.1) is 6.92 Å². The minimum absolute atomic E-state index is 0.298. The van der Waals surface area contributed by atoms with Gasteiger partial charge in [-0.25, -0.2) is 0 Å². The Morgan fingerprint density at radius 3 is 2.37 bits per heavy atom. The van der Waals surface area contributed by atoms with Crippen LogP contribution in [0.2, 0.25) is 5.02 Å². The first-order chi connectivity index (χ1) is 20.7. The highest BCUT2D eigenvalue weighted by molar-refractivity contribution is 6.35. The molecule has 0 fully saturated rings. The Kier molecular flexibility index (Phi) is 11.2. The molecule has 2 aromatic heterocycles. The Morgan fingerprint density at radius 1 is 0.953 bits per heavy atom. The first-order valence-electron chi connectivity index (χ1n) is 14.1. The summed E-state index contributed by atoms with van der Waals surface area (Å²) in [6, 6.07) is 16.9. The van der Waals surface area contributed by atoms with Crippen molar-refractivity contribution in [3.63, 3.8) is 0 Å². The molecule has 0 spiro atoms. The minimum atomic E-state index is -0.440. The number of aromatic nitrogens is 2. The Hall–Kier alpha value is -3.86. The molecule has 0 aliphatic rings. The molecule has 0 aliphatic heterocycles.